The van der Waals surface area contributed by atoms with Crippen LogP contribution >= 0.6 is 0 Å². The van der Waals surface area contributed by atoms with Gasteiger partial charge >= 0.3 is 0 Å². The molecule has 3 heterocycles. The number of benzene rings is 1. The van der Waals surface area contributed by atoms with Crippen LogP contribution in [0.15, 0.2) is 29.2 Å². The van der Waals surface area contributed by atoms with Gasteiger partial charge < -0.3 is 15.3 Å². The number of piperazine rings is 1. The molecule has 2 saturated heterocycles. The lowest BCUT2D eigenvalue weighted by Gasteiger charge is -2.53. The van der Waals surface area contributed by atoms with Crippen molar-refractivity contribution in [3.63, 3.8) is 0 Å². The molecule has 3 fully saturated rings. The number of unbranched alkanes of at least 4 members (excludes halogenated alkanes) is 1. The first-order chi connectivity index (χ1) is 21.0. The van der Waals surface area contributed by atoms with Crippen LogP contribution in [-0.4, -0.2) is 89.7 Å². The van der Waals surface area contributed by atoms with Crippen molar-refractivity contribution < 1.29 is 23.1 Å². The molecule has 44 heavy (non-hydrogen) atoms. The van der Waals surface area contributed by atoms with Crippen molar-refractivity contribution in [3.8, 4) is 0 Å². The second-order valence-corrected chi connectivity index (χ2v) is 14.7. The molecule has 1 unspecified atom stereocenters. The molecule has 3 atom stereocenters. The van der Waals surface area contributed by atoms with E-state index in [0.717, 1.165) is 67.5 Å². The van der Waals surface area contributed by atoms with Gasteiger partial charge in [-0.25, -0.2) is 13.1 Å². The van der Waals surface area contributed by atoms with Gasteiger partial charge in [0.2, 0.25) is 21.8 Å². The number of amides is 2. The number of aryl methyl sites for hydroxylation is 2. The molecule has 5 rings (SSSR count). The number of aromatic amines is 1. The molecule has 1 saturated carbocycles. The summed E-state index contributed by atoms with van der Waals surface area (Å²) in [6.45, 7) is 7.58. The highest BCUT2D eigenvalue weighted by Crippen LogP contribution is 2.40. The maximum absolute atomic E-state index is 14.1. The van der Waals surface area contributed by atoms with Crippen molar-refractivity contribution in [1.29, 1.82) is 0 Å². The standard InChI is InChI=1S/C32H48N6O5S/c1-5-6-18-38-30(40)27(29(39)24-10-8-7-9-11-24)34-31(41)32(38)16-19-37(20-17-32)28(26-21(2)35-36-22(26)3)23-12-14-25(15-13-23)44(42,43)33-4/h12-15,24,27-29,33,39H,5-11,16-20H2,1-4H3,(H,34,41)(H,35,36)/t27-,28?,29-/m1/s1. The molecule has 1 spiro atoms. The number of carbonyl (C=O) groups is 2. The Morgan fingerprint density at radius 2 is 1.75 bits per heavy atom. The predicted molar refractivity (Wildman–Crippen MR) is 167 cm³/mol. The van der Waals surface area contributed by atoms with Gasteiger partial charge in [-0.05, 0) is 76.6 Å². The van der Waals surface area contributed by atoms with Gasteiger partial charge in [-0.2, -0.15) is 5.10 Å². The fraction of sp³-hybridized carbons (Fsp3) is 0.656. The molecule has 11 nitrogen and oxygen atoms in total. The van der Waals surface area contributed by atoms with Gasteiger partial charge in [0.1, 0.15) is 11.6 Å². The van der Waals surface area contributed by atoms with Crippen molar-refractivity contribution in [2.45, 2.75) is 107 Å². The minimum absolute atomic E-state index is 0.0265. The van der Waals surface area contributed by atoms with Crippen LogP contribution in [0.1, 0.15) is 93.3 Å². The molecule has 1 aromatic carbocycles. The summed E-state index contributed by atoms with van der Waals surface area (Å²) in [5, 5.41) is 21.8. The number of aliphatic hydroxyl groups is 1. The first-order valence-corrected chi connectivity index (χ1v) is 17.6. The van der Waals surface area contributed by atoms with E-state index < -0.39 is 27.7 Å². The summed E-state index contributed by atoms with van der Waals surface area (Å²) in [4.78, 5) is 32.4. The van der Waals surface area contributed by atoms with Gasteiger partial charge in [-0.3, -0.25) is 19.6 Å². The monoisotopic (exact) mass is 628 g/mol. The molecule has 2 aromatic rings. The third-order valence-corrected chi connectivity index (χ3v) is 11.6. The molecule has 4 N–H and O–H groups in total. The number of carbonyl (C=O) groups excluding carboxylic acids is 2. The Bertz CT molecular complexity index is 1410. The van der Waals surface area contributed by atoms with Crippen LogP contribution in [0, 0.1) is 19.8 Å². The SMILES string of the molecule is CCCCN1C(=O)[C@@H]([C@H](O)C2CCCCC2)NC(=O)C12CCN(C(c1ccc(S(=O)(=O)NC)cc1)c1c(C)n[nH]c1C)CC2. The van der Waals surface area contributed by atoms with E-state index in [4.69, 9.17) is 0 Å². The van der Waals surface area contributed by atoms with E-state index in [2.05, 4.69) is 32.1 Å². The summed E-state index contributed by atoms with van der Waals surface area (Å²) in [6.07, 6.45) is 6.71. The van der Waals surface area contributed by atoms with Crippen molar-refractivity contribution in [1.82, 2.24) is 30.0 Å². The molecule has 242 valence electrons. The summed E-state index contributed by atoms with van der Waals surface area (Å²) in [5.74, 6) is -0.302. The molecule has 1 aliphatic carbocycles. The number of aliphatic hydroxyl groups excluding tert-OH is 1. The molecule has 0 bridgehead atoms. The minimum Gasteiger partial charge on any atom is -0.390 e. The smallest absolute Gasteiger partial charge is 0.248 e. The highest BCUT2D eigenvalue weighted by atomic mass is 32.2. The number of aromatic nitrogens is 2. The van der Waals surface area contributed by atoms with Gasteiger partial charge in [0.15, 0.2) is 0 Å². The van der Waals surface area contributed by atoms with E-state index in [-0.39, 0.29) is 28.7 Å². The molecule has 0 radical (unpaired) electrons. The van der Waals surface area contributed by atoms with Crippen molar-refractivity contribution in [2.75, 3.05) is 26.7 Å². The Hall–Kier alpha value is -2.80. The Morgan fingerprint density at radius 1 is 1.09 bits per heavy atom. The van der Waals surface area contributed by atoms with Crippen LogP contribution in [-0.2, 0) is 19.6 Å². The van der Waals surface area contributed by atoms with Crippen LogP contribution in [0.25, 0.3) is 0 Å². The van der Waals surface area contributed by atoms with E-state index in [1.807, 2.05) is 26.0 Å². The second-order valence-electron chi connectivity index (χ2n) is 12.8. The number of hydrogen-bond donors (Lipinski definition) is 4. The maximum Gasteiger partial charge on any atom is 0.248 e. The number of sulfonamides is 1. The molecule has 2 amide bonds. The third-order valence-electron chi connectivity index (χ3n) is 10.2. The van der Waals surface area contributed by atoms with Crippen LogP contribution in [0.5, 0.6) is 0 Å². The summed E-state index contributed by atoms with van der Waals surface area (Å²) in [7, 11) is -2.19. The number of H-pyrrole nitrogens is 1. The predicted octanol–water partition coefficient (Wildman–Crippen LogP) is 2.93. The number of rotatable bonds is 10. The average Bonchev–Trinajstić information content (AvgIpc) is 3.37. The quantitative estimate of drug-likeness (QED) is 0.316. The summed E-state index contributed by atoms with van der Waals surface area (Å²) in [5.41, 5.74) is 2.75. The molecule has 12 heteroatoms. The van der Waals surface area contributed by atoms with Crippen LogP contribution in [0.4, 0.5) is 0 Å². The molecule has 3 aliphatic rings. The average molecular weight is 629 g/mol. The van der Waals surface area contributed by atoms with E-state index in [9.17, 15) is 23.1 Å². The zero-order valence-corrected chi connectivity index (χ0v) is 27.3. The molecular formula is C32H48N6O5S. The van der Waals surface area contributed by atoms with Crippen molar-refractivity contribution in [3.05, 3.63) is 46.8 Å². The van der Waals surface area contributed by atoms with Crippen LogP contribution in [0.3, 0.4) is 0 Å². The van der Waals surface area contributed by atoms with Crippen LogP contribution < -0.4 is 10.0 Å². The third kappa shape index (κ3) is 6.05. The fourth-order valence-corrected chi connectivity index (χ4v) is 8.31. The number of hydrogen-bond acceptors (Lipinski definition) is 7. The lowest BCUT2D eigenvalue weighted by Crippen LogP contribution is -2.75. The summed E-state index contributed by atoms with van der Waals surface area (Å²) >= 11 is 0. The Balaban J connectivity index is 1.42. The van der Waals surface area contributed by atoms with E-state index >= 15 is 0 Å². The Morgan fingerprint density at radius 3 is 2.32 bits per heavy atom. The number of likely N-dealkylation sites (tertiary alicyclic amines) is 1. The molecule has 1 aromatic heterocycles. The maximum atomic E-state index is 14.1. The highest BCUT2D eigenvalue weighted by Gasteiger charge is 2.55. The van der Waals surface area contributed by atoms with Crippen molar-refractivity contribution >= 4 is 21.8 Å². The number of nitrogens with one attached hydrogen (secondary N) is 3. The summed E-state index contributed by atoms with van der Waals surface area (Å²) in [6, 6.07) is 5.79. The van der Waals surface area contributed by atoms with Gasteiger partial charge in [-0.1, -0.05) is 44.7 Å². The van der Waals surface area contributed by atoms with Gasteiger partial charge in [0.05, 0.1) is 22.7 Å². The lowest BCUT2D eigenvalue weighted by atomic mass is 9.77. The first-order valence-electron chi connectivity index (χ1n) is 16.1. The van der Waals surface area contributed by atoms with Gasteiger partial charge in [0.25, 0.3) is 0 Å². The molecular weight excluding hydrogens is 580 g/mol. The van der Waals surface area contributed by atoms with E-state index in [1.165, 1.54) is 7.05 Å². The first kappa shape index (κ1) is 32.6. The van der Waals surface area contributed by atoms with E-state index in [0.29, 0.717) is 32.5 Å². The fourth-order valence-electron chi connectivity index (χ4n) is 7.58. The zero-order valence-electron chi connectivity index (χ0n) is 26.4. The van der Waals surface area contributed by atoms with Gasteiger partial charge in [-0.15, -0.1) is 0 Å². The molecule has 2 aliphatic heterocycles. The number of nitrogens with zero attached hydrogens (tertiary/aromatic N) is 3. The van der Waals surface area contributed by atoms with Crippen LogP contribution in [0.2, 0.25) is 0 Å². The second kappa shape index (κ2) is 13.3. The largest absolute Gasteiger partial charge is 0.390 e. The topological polar surface area (TPSA) is 148 Å². The zero-order chi connectivity index (χ0) is 31.6. The van der Waals surface area contributed by atoms with E-state index in [1.54, 1.807) is 17.0 Å². The van der Waals surface area contributed by atoms with Crippen molar-refractivity contribution in [2.24, 2.45) is 5.92 Å². The van der Waals surface area contributed by atoms with Gasteiger partial charge in [0, 0.05) is 30.9 Å². The summed E-state index contributed by atoms with van der Waals surface area (Å²) < 4.78 is 27.1. The lowest BCUT2D eigenvalue weighted by molar-refractivity contribution is -0.166. The number of piperidine rings is 1. The Labute approximate surface area is 261 Å². The Kier molecular flexibility index (Phi) is 9.84. The normalized spacial score (nSPS) is 23.1. The minimum atomic E-state index is -3.58. The highest BCUT2D eigenvalue weighted by molar-refractivity contribution is 7.89.